The van der Waals surface area contributed by atoms with Crippen LogP contribution in [-0.2, 0) is 11.2 Å². The van der Waals surface area contributed by atoms with Crippen LogP contribution in [0.3, 0.4) is 0 Å². The van der Waals surface area contributed by atoms with Crippen molar-refractivity contribution < 1.29 is 4.79 Å². The molecular formula is C12H13N3O. The lowest BCUT2D eigenvalue weighted by Crippen LogP contribution is -2.12. The molecule has 4 nitrogen and oxygen atoms in total. The van der Waals surface area contributed by atoms with Gasteiger partial charge in [0.15, 0.2) is 0 Å². The Bertz CT molecular complexity index is 437. The maximum atomic E-state index is 11.6. The van der Waals surface area contributed by atoms with Crippen molar-refractivity contribution in [2.45, 2.75) is 12.8 Å². The van der Waals surface area contributed by atoms with E-state index in [0.29, 0.717) is 12.8 Å². The Morgan fingerprint density at radius 3 is 2.81 bits per heavy atom. The third-order valence-corrected chi connectivity index (χ3v) is 2.23. The van der Waals surface area contributed by atoms with E-state index in [1.165, 1.54) is 0 Å². The zero-order valence-corrected chi connectivity index (χ0v) is 8.81. The fraction of sp³-hybridized carbons (Fsp3) is 0.167. The molecule has 2 rings (SSSR count). The van der Waals surface area contributed by atoms with E-state index >= 15 is 0 Å². The minimum Gasteiger partial charge on any atom is -0.348 e. The Balaban J connectivity index is 1.81. The van der Waals surface area contributed by atoms with Crippen molar-refractivity contribution in [2.75, 3.05) is 5.32 Å². The maximum absolute atomic E-state index is 11.6. The number of H-pyrrole nitrogens is 1. The Labute approximate surface area is 93.7 Å². The van der Waals surface area contributed by atoms with Crippen molar-refractivity contribution in [3.05, 3.63) is 48.5 Å². The van der Waals surface area contributed by atoms with E-state index in [9.17, 15) is 4.79 Å². The number of imidazole rings is 1. The number of carbonyl (C=O) groups is 1. The summed E-state index contributed by atoms with van der Waals surface area (Å²) in [6.45, 7) is 0. The van der Waals surface area contributed by atoms with Gasteiger partial charge in [-0.25, -0.2) is 4.98 Å². The van der Waals surface area contributed by atoms with Crippen molar-refractivity contribution in [1.29, 1.82) is 0 Å². The number of nitrogens with one attached hydrogen (secondary N) is 2. The number of anilines is 1. The number of amides is 1. The fourth-order valence-corrected chi connectivity index (χ4v) is 1.41. The second-order valence-corrected chi connectivity index (χ2v) is 3.49. The van der Waals surface area contributed by atoms with E-state index in [-0.39, 0.29) is 5.91 Å². The molecular weight excluding hydrogens is 202 g/mol. The highest BCUT2D eigenvalue weighted by Crippen LogP contribution is 2.06. The minimum atomic E-state index is 0.0146. The number of nitrogens with zero attached hydrogens (tertiary/aromatic N) is 1. The zero-order valence-electron chi connectivity index (χ0n) is 8.81. The van der Waals surface area contributed by atoms with Gasteiger partial charge in [-0.05, 0) is 18.6 Å². The van der Waals surface area contributed by atoms with Crippen molar-refractivity contribution in [2.24, 2.45) is 0 Å². The van der Waals surface area contributed by atoms with Crippen LogP contribution >= 0.6 is 0 Å². The van der Waals surface area contributed by atoms with Gasteiger partial charge in [-0.1, -0.05) is 18.2 Å². The fourth-order valence-electron chi connectivity index (χ4n) is 1.41. The number of aromatic nitrogens is 2. The number of rotatable bonds is 4. The van der Waals surface area contributed by atoms with E-state index in [4.69, 9.17) is 0 Å². The molecule has 2 N–H and O–H groups in total. The molecule has 1 aromatic carbocycles. The number of carbonyl (C=O) groups excluding carboxylic acids is 1. The summed E-state index contributed by atoms with van der Waals surface area (Å²) in [5.41, 5.74) is 1.81. The molecule has 2 aromatic rings. The number of aromatic amines is 1. The van der Waals surface area contributed by atoms with Crippen LogP contribution in [0.1, 0.15) is 12.1 Å². The summed E-state index contributed by atoms with van der Waals surface area (Å²) in [6.07, 6.45) is 4.48. The Hall–Kier alpha value is -2.10. The van der Waals surface area contributed by atoms with Gasteiger partial charge in [0.05, 0.1) is 6.33 Å². The zero-order chi connectivity index (χ0) is 11.2. The Morgan fingerprint density at radius 2 is 2.12 bits per heavy atom. The smallest absolute Gasteiger partial charge is 0.224 e. The van der Waals surface area contributed by atoms with Crippen molar-refractivity contribution in [3.8, 4) is 0 Å². The van der Waals surface area contributed by atoms with E-state index in [1.807, 2.05) is 30.3 Å². The van der Waals surface area contributed by atoms with Gasteiger partial charge >= 0.3 is 0 Å². The molecule has 0 radical (unpaired) electrons. The summed E-state index contributed by atoms with van der Waals surface area (Å²) in [6, 6.07) is 9.44. The van der Waals surface area contributed by atoms with E-state index in [2.05, 4.69) is 15.3 Å². The van der Waals surface area contributed by atoms with Gasteiger partial charge < -0.3 is 10.3 Å². The van der Waals surface area contributed by atoms with E-state index in [1.54, 1.807) is 12.5 Å². The average molecular weight is 215 g/mol. The van der Waals surface area contributed by atoms with Gasteiger partial charge in [-0.3, -0.25) is 4.79 Å². The molecule has 0 aliphatic heterocycles. The number of para-hydroxylation sites is 1. The normalized spacial score (nSPS) is 10.0. The molecule has 0 saturated heterocycles. The van der Waals surface area contributed by atoms with Crippen molar-refractivity contribution in [3.63, 3.8) is 0 Å². The van der Waals surface area contributed by atoms with Gasteiger partial charge in [0.25, 0.3) is 0 Å². The number of aryl methyl sites for hydroxylation is 1. The molecule has 4 heteroatoms. The summed E-state index contributed by atoms with van der Waals surface area (Å²) in [5.74, 6) is 0.0146. The van der Waals surface area contributed by atoms with Crippen LogP contribution in [0.15, 0.2) is 42.9 Å². The number of benzene rings is 1. The van der Waals surface area contributed by atoms with Crippen molar-refractivity contribution >= 4 is 11.6 Å². The monoisotopic (exact) mass is 215 g/mol. The first-order valence-electron chi connectivity index (χ1n) is 5.17. The number of hydrogen-bond acceptors (Lipinski definition) is 2. The molecule has 0 aliphatic carbocycles. The number of hydrogen-bond donors (Lipinski definition) is 2. The van der Waals surface area contributed by atoms with Gasteiger partial charge in [0.1, 0.15) is 0 Å². The van der Waals surface area contributed by atoms with Crippen LogP contribution in [0.2, 0.25) is 0 Å². The maximum Gasteiger partial charge on any atom is 0.224 e. The largest absolute Gasteiger partial charge is 0.348 e. The third-order valence-electron chi connectivity index (χ3n) is 2.23. The molecule has 1 heterocycles. The first kappa shape index (κ1) is 10.4. The highest BCUT2D eigenvalue weighted by molar-refractivity contribution is 5.90. The summed E-state index contributed by atoms with van der Waals surface area (Å²) in [7, 11) is 0. The second-order valence-electron chi connectivity index (χ2n) is 3.49. The molecule has 0 spiro atoms. The van der Waals surface area contributed by atoms with Crippen LogP contribution in [0.5, 0.6) is 0 Å². The van der Waals surface area contributed by atoms with Gasteiger partial charge in [-0.15, -0.1) is 0 Å². The summed E-state index contributed by atoms with van der Waals surface area (Å²) >= 11 is 0. The molecule has 0 unspecified atom stereocenters. The third kappa shape index (κ3) is 2.95. The van der Waals surface area contributed by atoms with Gasteiger partial charge in [0, 0.05) is 24.0 Å². The van der Waals surface area contributed by atoms with Crippen LogP contribution < -0.4 is 5.32 Å². The van der Waals surface area contributed by atoms with Crippen LogP contribution in [0.4, 0.5) is 5.69 Å². The Kier molecular flexibility index (Phi) is 3.33. The first-order valence-corrected chi connectivity index (χ1v) is 5.17. The summed E-state index contributed by atoms with van der Waals surface area (Å²) < 4.78 is 0. The summed E-state index contributed by atoms with van der Waals surface area (Å²) in [5, 5.41) is 2.83. The van der Waals surface area contributed by atoms with Crippen molar-refractivity contribution in [1.82, 2.24) is 9.97 Å². The molecule has 0 saturated carbocycles. The second kappa shape index (κ2) is 5.11. The molecule has 0 fully saturated rings. The van der Waals surface area contributed by atoms with E-state index < -0.39 is 0 Å². The molecule has 1 amide bonds. The molecule has 82 valence electrons. The molecule has 0 aliphatic rings. The quantitative estimate of drug-likeness (QED) is 0.819. The Morgan fingerprint density at radius 1 is 1.31 bits per heavy atom. The molecule has 1 aromatic heterocycles. The molecule has 16 heavy (non-hydrogen) atoms. The highest BCUT2D eigenvalue weighted by Gasteiger charge is 2.03. The molecule has 0 bridgehead atoms. The van der Waals surface area contributed by atoms with Crippen LogP contribution in [0.25, 0.3) is 0 Å². The lowest BCUT2D eigenvalue weighted by atomic mass is 10.2. The minimum absolute atomic E-state index is 0.0146. The lowest BCUT2D eigenvalue weighted by Gasteiger charge is -2.03. The first-order chi connectivity index (χ1) is 7.84. The SMILES string of the molecule is O=C(CCc1cnc[nH]1)Nc1ccccc1. The highest BCUT2D eigenvalue weighted by atomic mass is 16.1. The van der Waals surface area contributed by atoms with Gasteiger partial charge in [0.2, 0.25) is 5.91 Å². The predicted octanol–water partition coefficient (Wildman–Crippen LogP) is 1.98. The van der Waals surface area contributed by atoms with E-state index in [0.717, 1.165) is 11.4 Å². The lowest BCUT2D eigenvalue weighted by molar-refractivity contribution is -0.116. The molecule has 0 atom stereocenters. The van der Waals surface area contributed by atoms with Crippen LogP contribution in [-0.4, -0.2) is 15.9 Å². The average Bonchev–Trinajstić information content (AvgIpc) is 2.81. The standard InChI is InChI=1S/C12H13N3O/c16-12(7-6-11-8-13-9-14-11)15-10-4-2-1-3-5-10/h1-5,8-9H,6-7H2,(H,13,14)(H,15,16). The predicted molar refractivity (Wildman–Crippen MR) is 62.0 cm³/mol. The summed E-state index contributed by atoms with van der Waals surface area (Å²) in [4.78, 5) is 18.4. The van der Waals surface area contributed by atoms with Gasteiger partial charge in [-0.2, -0.15) is 0 Å². The topological polar surface area (TPSA) is 57.8 Å². The van der Waals surface area contributed by atoms with Crippen LogP contribution in [0, 0.1) is 0 Å².